The first-order chi connectivity index (χ1) is 29.6. The van der Waals surface area contributed by atoms with Gasteiger partial charge in [0.05, 0.1) is 26.4 Å². The molecule has 0 rings (SSSR count). The van der Waals surface area contributed by atoms with Gasteiger partial charge in [-0.1, -0.05) is 168 Å². The summed E-state index contributed by atoms with van der Waals surface area (Å²) in [5, 5.41) is 36.7. The van der Waals surface area contributed by atoms with E-state index in [9.17, 15) is 29.9 Å². The number of hydrogen-bond donors (Lipinski definition) is 6. The monoisotopic (exact) mass is 899 g/mol. The first-order valence-electron chi connectivity index (χ1n) is 24.6. The van der Waals surface area contributed by atoms with Crippen LogP contribution in [0.4, 0.5) is 0 Å². The van der Waals surface area contributed by atoms with Crippen LogP contribution in [0.2, 0.25) is 0 Å². The number of unbranched alkanes of at least 4 members (excludes halogenated alkanes) is 24. The van der Waals surface area contributed by atoms with E-state index >= 15 is 0 Å². The van der Waals surface area contributed by atoms with Gasteiger partial charge in [-0.2, -0.15) is 13.9 Å². The van der Waals surface area contributed by atoms with Crippen LogP contribution in [-0.2, 0) is 32.8 Å². The number of carbonyl (C=O) groups excluding carboxylic acids is 1. The first-order valence-corrected chi connectivity index (χ1v) is 26.1. The molecule has 0 radical (unpaired) electrons. The van der Waals surface area contributed by atoms with Crippen LogP contribution in [0, 0.1) is 0 Å². The van der Waals surface area contributed by atoms with Crippen LogP contribution in [0.5, 0.6) is 0 Å². The smallest absolute Gasteiger partial charge is 0.376 e. The molecule has 0 saturated carbocycles. The fourth-order valence-electron chi connectivity index (χ4n) is 6.96. The summed E-state index contributed by atoms with van der Waals surface area (Å²) in [5.74, 6) is -0.352. The minimum atomic E-state index is -4.55. The number of phosphoric acid groups is 1. The summed E-state index contributed by atoms with van der Waals surface area (Å²) in [4.78, 5) is 35.2. The van der Waals surface area contributed by atoms with Gasteiger partial charge in [-0.25, -0.2) is 0 Å². The van der Waals surface area contributed by atoms with Gasteiger partial charge in [-0.05, 0) is 32.1 Å². The fourth-order valence-corrected chi connectivity index (χ4v) is 7.71. The molecular formula is C46H95N2O12P. The molecule has 0 aromatic heterocycles. The number of aliphatic hydroxyl groups excluding tert-OH is 3. The summed E-state index contributed by atoms with van der Waals surface area (Å²) in [5.41, 5.74) is 0. The Morgan fingerprint density at radius 3 is 1.54 bits per heavy atom. The van der Waals surface area contributed by atoms with Crippen molar-refractivity contribution < 1.29 is 57.9 Å². The average molecular weight is 899 g/mol. The van der Waals surface area contributed by atoms with Gasteiger partial charge >= 0.3 is 8.17 Å². The highest BCUT2D eigenvalue weighted by molar-refractivity contribution is 7.52. The molecule has 0 aliphatic carbocycles. The quantitative estimate of drug-likeness (QED) is 0.0193. The van der Waals surface area contributed by atoms with Crippen LogP contribution >= 0.6 is 8.17 Å². The van der Waals surface area contributed by atoms with Crippen LogP contribution in [0.15, 0.2) is 0 Å². The number of amides is 1. The minimum absolute atomic E-state index is 0.0395. The second-order valence-corrected chi connectivity index (χ2v) is 18.1. The van der Waals surface area contributed by atoms with Crippen molar-refractivity contribution in [1.29, 1.82) is 0 Å². The average Bonchev–Trinajstić information content (AvgIpc) is 3.24. The second kappa shape index (κ2) is 46.0. The molecule has 61 heavy (non-hydrogen) atoms. The van der Waals surface area contributed by atoms with E-state index in [0.717, 1.165) is 38.5 Å². The fraction of sp³-hybridized carbons (Fsp3) is 0.978. The van der Waals surface area contributed by atoms with Gasteiger partial charge in [0, 0.05) is 26.6 Å². The lowest BCUT2D eigenvalue weighted by atomic mass is 10.0. The second-order valence-electron chi connectivity index (χ2n) is 16.6. The van der Waals surface area contributed by atoms with E-state index in [0.29, 0.717) is 39.2 Å². The molecule has 1 amide bonds. The standard InChI is InChI=1S/C46H95N2O12P/c1-4-6-8-10-12-14-16-18-20-22-24-26-28-30-45(51)57-40-42(60-46(52)31-29-27-25-23-21-19-17-15-13-11-9-7-5-2)41-59-61(53,54)58-37-35-48-44(50)33-32-43(49)47-34-36-56-39-38-55-3/h42-43,45-47,49,51-52H,4-41H2,1-3H3,(H,48,50)(H,53,54)/t42-,43-,45-,46+/m1/s1. The zero-order valence-electron chi connectivity index (χ0n) is 39.2. The maximum absolute atomic E-state index is 12.7. The van der Waals surface area contributed by atoms with Crippen LogP contribution < -0.4 is 15.5 Å². The molecule has 6 N–H and O–H groups in total. The first kappa shape index (κ1) is 60.4. The summed E-state index contributed by atoms with van der Waals surface area (Å²) in [7, 11) is -2.96. The van der Waals surface area contributed by atoms with Gasteiger partial charge in [-0.15, -0.1) is 0 Å². The maximum atomic E-state index is 12.7. The number of nitrogens with one attached hydrogen (secondary N) is 2. The Bertz CT molecular complexity index is 913. The molecule has 14 nitrogen and oxygen atoms in total. The Hall–Kier alpha value is -0.580. The summed E-state index contributed by atoms with van der Waals surface area (Å²) < 4.78 is 31.9. The Balaban J connectivity index is 4.55. The van der Waals surface area contributed by atoms with Crippen molar-refractivity contribution in [2.75, 3.05) is 59.8 Å². The highest BCUT2D eigenvalue weighted by Gasteiger charge is 2.30. The van der Waals surface area contributed by atoms with Crippen molar-refractivity contribution in [3.05, 3.63) is 0 Å². The van der Waals surface area contributed by atoms with E-state index in [1.807, 2.05) is 0 Å². The van der Waals surface area contributed by atoms with Crippen molar-refractivity contribution in [3.63, 3.8) is 0 Å². The Labute approximate surface area is 373 Å². The number of phosphoric ester groups is 1. The molecule has 0 aromatic carbocycles. The van der Waals surface area contributed by atoms with E-state index < -0.39 is 39.7 Å². The molecule has 0 saturated heterocycles. The number of aliphatic hydroxyl groups is 3. The number of methoxy groups -OCH3 is 1. The summed E-state index contributed by atoms with van der Waals surface area (Å²) in [6.45, 7) is 5.36. The van der Waals surface area contributed by atoms with E-state index in [1.165, 1.54) is 128 Å². The normalized spacial score (nSPS) is 14.8. The van der Waals surface area contributed by atoms with E-state index in [1.54, 1.807) is 7.11 Å². The van der Waals surface area contributed by atoms with Crippen molar-refractivity contribution in [3.8, 4) is 0 Å². The molecule has 0 spiro atoms. The third-order valence-electron chi connectivity index (χ3n) is 10.7. The minimum Gasteiger partial charge on any atom is -0.606 e. The molecular weight excluding hydrogens is 803 g/mol. The number of ether oxygens (including phenoxy) is 4. The molecule has 0 bridgehead atoms. The maximum Gasteiger partial charge on any atom is 0.376 e. The van der Waals surface area contributed by atoms with Crippen molar-refractivity contribution >= 4 is 14.1 Å². The van der Waals surface area contributed by atoms with Crippen molar-refractivity contribution in [1.82, 2.24) is 10.6 Å². The van der Waals surface area contributed by atoms with Crippen LogP contribution in [0.25, 0.3) is 0 Å². The molecule has 0 heterocycles. The van der Waals surface area contributed by atoms with E-state index in [2.05, 4.69) is 24.5 Å². The molecule has 366 valence electrons. The predicted molar refractivity (Wildman–Crippen MR) is 243 cm³/mol. The molecule has 0 fully saturated rings. The third-order valence-corrected chi connectivity index (χ3v) is 11.7. The SMILES string of the molecule is CCCCCCCCCCCCCCC[C@@H](O)O[C@H](CO[C@@H](O)CCCCCCCCCCCCCCC)CO[P+]([O-])(O)OCCNC(=O)CC[C@@H](O)NCCOCCOC. The molecule has 15 heteroatoms. The predicted octanol–water partition coefficient (Wildman–Crippen LogP) is 8.52. The van der Waals surface area contributed by atoms with Gasteiger partial charge in [0.2, 0.25) is 5.91 Å². The van der Waals surface area contributed by atoms with E-state index in [4.69, 9.17) is 28.0 Å². The summed E-state index contributed by atoms with van der Waals surface area (Å²) in [6, 6.07) is 0. The Morgan fingerprint density at radius 2 is 1.05 bits per heavy atom. The van der Waals surface area contributed by atoms with Crippen molar-refractivity contribution in [2.45, 2.75) is 231 Å². The number of carbonyl (C=O) groups is 1. The summed E-state index contributed by atoms with van der Waals surface area (Å²) >= 11 is 0. The van der Waals surface area contributed by atoms with E-state index in [-0.39, 0.29) is 38.5 Å². The zero-order chi connectivity index (χ0) is 44.9. The van der Waals surface area contributed by atoms with Crippen molar-refractivity contribution in [2.24, 2.45) is 0 Å². The molecule has 1 unspecified atom stereocenters. The molecule has 0 aliphatic heterocycles. The Kier molecular flexibility index (Phi) is 45.5. The van der Waals surface area contributed by atoms with Gasteiger partial charge in [0.1, 0.15) is 25.5 Å². The topological polar surface area (TPSA) is 200 Å². The molecule has 5 atom stereocenters. The Morgan fingerprint density at radius 1 is 0.574 bits per heavy atom. The lowest BCUT2D eigenvalue weighted by Crippen LogP contribution is -2.35. The summed E-state index contributed by atoms with van der Waals surface area (Å²) in [6.07, 6.45) is 29.0. The lowest BCUT2D eigenvalue weighted by Gasteiger charge is -2.25. The zero-order valence-corrected chi connectivity index (χ0v) is 40.1. The van der Waals surface area contributed by atoms with Gasteiger partial charge in [0.25, 0.3) is 0 Å². The van der Waals surface area contributed by atoms with Crippen LogP contribution in [0.3, 0.4) is 0 Å². The lowest BCUT2D eigenvalue weighted by molar-refractivity contribution is -0.250. The van der Waals surface area contributed by atoms with Crippen LogP contribution in [-0.4, -0.2) is 111 Å². The highest BCUT2D eigenvalue weighted by atomic mass is 31.2. The third kappa shape index (κ3) is 45.8. The molecule has 0 aromatic rings. The highest BCUT2D eigenvalue weighted by Crippen LogP contribution is 2.47. The van der Waals surface area contributed by atoms with Gasteiger partial charge in [0.15, 0.2) is 12.6 Å². The number of rotatable bonds is 50. The van der Waals surface area contributed by atoms with Crippen LogP contribution in [0.1, 0.15) is 206 Å². The molecule has 0 aliphatic rings. The van der Waals surface area contributed by atoms with Gasteiger partial charge in [-0.3, -0.25) is 10.1 Å². The largest absolute Gasteiger partial charge is 0.606 e. The number of hydrogen-bond acceptors (Lipinski definition) is 13. The van der Waals surface area contributed by atoms with Gasteiger partial charge < -0.3 is 44.5 Å².